The molecule has 0 unspecified atom stereocenters. The molecule has 0 bridgehead atoms. The Morgan fingerprint density at radius 3 is 2.69 bits per heavy atom. The van der Waals surface area contributed by atoms with E-state index in [0.29, 0.717) is 13.2 Å². The van der Waals surface area contributed by atoms with Crippen molar-refractivity contribution in [3.8, 4) is 0 Å². The lowest BCUT2D eigenvalue weighted by atomic mass is 10.3. The van der Waals surface area contributed by atoms with Gasteiger partial charge in [0, 0.05) is 20.2 Å². The van der Waals surface area contributed by atoms with E-state index in [2.05, 4.69) is 15.1 Å². The van der Waals surface area contributed by atoms with E-state index < -0.39 is 0 Å². The number of ether oxygens (including phenoxy) is 1. The minimum absolute atomic E-state index is 0.681. The maximum atomic E-state index is 5.51. The minimum atomic E-state index is 0.681. The van der Waals surface area contributed by atoms with Gasteiger partial charge in [-0.25, -0.2) is 0 Å². The molecule has 0 saturated heterocycles. The molecule has 1 rings (SSSR count). The van der Waals surface area contributed by atoms with Crippen LogP contribution in [-0.2, 0) is 4.74 Å². The molecule has 0 amide bonds. The zero-order chi connectivity index (χ0) is 11.8. The third-order valence-corrected chi connectivity index (χ3v) is 2.31. The van der Waals surface area contributed by atoms with Gasteiger partial charge in [-0.3, -0.25) is 0 Å². The fourth-order valence-corrected chi connectivity index (χ4v) is 1.39. The molecule has 0 aliphatic rings. The van der Waals surface area contributed by atoms with E-state index in [1.165, 1.54) is 0 Å². The normalized spacial score (nSPS) is 10.4. The van der Waals surface area contributed by atoms with Crippen molar-refractivity contribution in [2.45, 2.75) is 13.3 Å². The van der Waals surface area contributed by atoms with Gasteiger partial charge in [0.1, 0.15) is 0 Å². The second-order valence-electron chi connectivity index (χ2n) is 3.65. The molecule has 0 aliphatic carbocycles. The summed E-state index contributed by atoms with van der Waals surface area (Å²) in [4.78, 5) is 2.14. The molecule has 1 aromatic rings. The van der Waals surface area contributed by atoms with Crippen molar-refractivity contribution in [2.75, 3.05) is 38.3 Å². The van der Waals surface area contributed by atoms with Crippen molar-refractivity contribution < 1.29 is 4.74 Å². The van der Waals surface area contributed by atoms with Crippen molar-refractivity contribution in [3.05, 3.63) is 17.8 Å². The van der Waals surface area contributed by atoms with E-state index in [9.17, 15) is 0 Å². The van der Waals surface area contributed by atoms with Gasteiger partial charge in [-0.1, -0.05) is 0 Å². The predicted octanol–water partition coefficient (Wildman–Crippen LogP) is 0.587. The number of methoxy groups -OCH3 is 1. The Morgan fingerprint density at radius 1 is 1.31 bits per heavy atom. The molecule has 0 atom stereocenters. The van der Waals surface area contributed by atoms with E-state index in [-0.39, 0.29) is 0 Å². The fraction of sp³-hybridized carbons (Fsp3) is 0.636. The molecule has 0 saturated carbocycles. The number of rotatable bonds is 7. The summed E-state index contributed by atoms with van der Waals surface area (Å²) < 4.78 is 5.08. The van der Waals surface area contributed by atoms with Gasteiger partial charge in [0.2, 0.25) is 0 Å². The first-order chi connectivity index (χ1) is 7.77. The van der Waals surface area contributed by atoms with Gasteiger partial charge in [0.15, 0.2) is 5.82 Å². The molecule has 1 aromatic heterocycles. The standard InChI is InChI=1S/C11H20N4O/c1-10-4-5-11(14-13-10)15(7-3-6-12)8-9-16-2/h4-5H,3,6-9,12H2,1-2H3. The van der Waals surface area contributed by atoms with E-state index in [1.54, 1.807) is 7.11 Å². The first-order valence-electron chi connectivity index (χ1n) is 5.52. The summed E-state index contributed by atoms with van der Waals surface area (Å²) in [5, 5.41) is 8.22. The Balaban J connectivity index is 2.62. The van der Waals surface area contributed by atoms with Crippen molar-refractivity contribution in [2.24, 2.45) is 5.73 Å². The molecule has 0 aliphatic heterocycles. The third-order valence-electron chi connectivity index (χ3n) is 2.31. The van der Waals surface area contributed by atoms with E-state index in [4.69, 9.17) is 10.5 Å². The summed E-state index contributed by atoms with van der Waals surface area (Å²) in [6.07, 6.45) is 0.944. The molecule has 16 heavy (non-hydrogen) atoms. The second kappa shape index (κ2) is 7.14. The lowest BCUT2D eigenvalue weighted by Gasteiger charge is -2.22. The zero-order valence-electron chi connectivity index (χ0n) is 10.0. The van der Waals surface area contributed by atoms with E-state index in [0.717, 1.165) is 31.0 Å². The molecule has 2 N–H and O–H groups in total. The Hall–Kier alpha value is -1.20. The van der Waals surface area contributed by atoms with Gasteiger partial charge in [0.05, 0.1) is 12.3 Å². The highest BCUT2D eigenvalue weighted by Crippen LogP contribution is 2.09. The summed E-state index contributed by atoms with van der Waals surface area (Å²) in [5.74, 6) is 0.885. The maximum absolute atomic E-state index is 5.51. The molecule has 0 spiro atoms. The largest absolute Gasteiger partial charge is 0.383 e. The number of aryl methyl sites for hydroxylation is 1. The average molecular weight is 224 g/mol. The maximum Gasteiger partial charge on any atom is 0.151 e. The van der Waals surface area contributed by atoms with Gasteiger partial charge in [-0.05, 0) is 32.0 Å². The highest BCUT2D eigenvalue weighted by atomic mass is 16.5. The quantitative estimate of drug-likeness (QED) is 0.734. The van der Waals surface area contributed by atoms with Crippen LogP contribution in [0.5, 0.6) is 0 Å². The van der Waals surface area contributed by atoms with Gasteiger partial charge in [-0.15, -0.1) is 5.10 Å². The van der Waals surface area contributed by atoms with Crippen LogP contribution in [0.25, 0.3) is 0 Å². The van der Waals surface area contributed by atoms with Crippen LogP contribution in [0, 0.1) is 6.92 Å². The molecule has 1 heterocycles. The van der Waals surface area contributed by atoms with Crippen LogP contribution in [-0.4, -0.2) is 43.5 Å². The highest BCUT2D eigenvalue weighted by molar-refractivity contribution is 5.37. The molecule has 5 nitrogen and oxygen atoms in total. The molecular weight excluding hydrogens is 204 g/mol. The summed E-state index contributed by atoms with van der Waals surface area (Å²) in [6.45, 7) is 4.99. The molecule has 90 valence electrons. The van der Waals surface area contributed by atoms with Crippen LogP contribution in [0.1, 0.15) is 12.1 Å². The average Bonchev–Trinajstić information content (AvgIpc) is 2.31. The lowest BCUT2D eigenvalue weighted by Crippen LogP contribution is -2.30. The summed E-state index contributed by atoms with van der Waals surface area (Å²) in [7, 11) is 1.70. The van der Waals surface area contributed by atoms with E-state index >= 15 is 0 Å². The molecule has 0 radical (unpaired) electrons. The monoisotopic (exact) mass is 224 g/mol. The fourth-order valence-electron chi connectivity index (χ4n) is 1.39. The first-order valence-corrected chi connectivity index (χ1v) is 5.52. The molecule has 0 fully saturated rings. The molecule has 0 aromatic carbocycles. The Morgan fingerprint density at radius 2 is 2.12 bits per heavy atom. The van der Waals surface area contributed by atoms with Crippen LogP contribution in [0.2, 0.25) is 0 Å². The minimum Gasteiger partial charge on any atom is -0.383 e. The highest BCUT2D eigenvalue weighted by Gasteiger charge is 2.07. The number of hydrogen-bond acceptors (Lipinski definition) is 5. The van der Waals surface area contributed by atoms with Crippen LogP contribution in [0.4, 0.5) is 5.82 Å². The van der Waals surface area contributed by atoms with Crippen molar-refractivity contribution >= 4 is 5.82 Å². The number of anilines is 1. The number of aromatic nitrogens is 2. The Labute approximate surface area is 96.6 Å². The van der Waals surface area contributed by atoms with Crippen LogP contribution in [0.15, 0.2) is 12.1 Å². The van der Waals surface area contributed by atoms with Crippen LogP contribution >= 0.6 is 0 Å². The van der Waals surface area contributed by atoms with Gasteiger partial charge in [0.25, 0.3) is 0 Å². The van der Waals surface area contributed by atoms with Crippen molar-refractivity contribution in [1.82, 2.24) is 10.2 Å². The van der Waals surface area contributed by atoms with E-state index in [1.807, 2.05) is 19.1 Å². The number of nitrogens with two attached hydrogens (primary N) is 1. The number of hydrogen-bond donors (Lipinski definition) is 1. The second-order valence-corrected chi connectivity index (χ2v) is 3.65. The van der Waals surface area contributed by atoms with Crippen molar-refractivity contribution in [3.63, 3.8) is 0 Å². The van der Waals surface area contributed by atoms with Gasteiger partial charge >= 0.3 is 0 Å². The van der Waals surface area contributed by atoms with Crippen LogP contribution < -0.4 is 10.6 Å². The van der Waals surface area contributed by atoms with Crippen LogP contribution in [0.3, 0.4) is 0 Å². The molecule has 5 heteroatoms. The zero-order valence-corrected chi connectivity index (χ0v) is 10.0. The molecular formula is C11H20N4O. The summed E-state index contributed by atoms with van der Waals surface area (Å²) in [6, 6.07) is 3.94. The first kappa shape index (κ1) is 12.9. The Bertz CT molecular complexity index is 281. The summed E-state index contributed by atoms with van der Waals surface area (Å²) in [5.41, 5.74) is 6.44. The van der Waals surface area contributed by atoms with Gasteiger partial charge in [-0.2, -0.15) is 5.10 Å². The van der Waals surface area contributed by atoms with Gasteiger partial charge < -0.3 is 15.4 Å². The SMILES string of the molecule is COCCN(CCCN)c1ccc(C)nn1. The number of nitrogens with zero attached hydrogens (tertiary/aromatic N) is 3. The smallest absolute Gasteiger partial charge is 0.151 e. The van der Waals surface area contributed by atoms with Crippen molar-refractivity contribution in [1.29, 1.82) is 0 Å². The Kier molecular flexibility index (Phi) is 5.74. The summed E-state index contributed by atoms with van der Waals surface area (Å²) >= 11 is 0. The lowest BCUT2D eigenvalue weighted by molar-refractivity contribution is 0.205. The topological polar surface area (TPSA) is 64.3 Å². The predicted molar refractivity (Wildman–Crippen MR) is 64.5 cm³/mol. The third kappa shape index (κ3) is 4.12.